The van der Waals surface area contributed by atoms with E-state index in [4.69, 9.17) is 0 Å². The van der Waals surface area contributed by atoms with E-state index in [1.807, 2.05) is 0 Å². The van der Waals surface area contributed by atoms with Crippen LogP contribution < -0.4 is 5.32 Å². The third kappa shape index (κ3) is 7.42. The number of hydrogen-bond donors (Lipinski definition) is 1. The molecule has 5 nitrogen and oxygen atoms in total. The smallest absolute Gasteiger partial charge is 0.369 e. The summed E-state index contributed by atoms with van der Waals surface area (Å²) >= 11 is 1.04. The summed E-state index contributed by atoms with van der Waals surface area (Å²) in [5, 5.41) is 3.92. The highest BCUT2D eigenvalue weighted by Gasteiger charge is 2.35. The minimum absolute atomic E-state index is 0.221. The molecule has 1 aliphatic carbocycles. The van der Waals surface area contributed by atoms with Crippen molar-refractivity contribution in [2.75, 3.05) is 31.5 Å². The van der Waals surface area contributed by atoms with Crippen molar-refractivity contribution < 1.29 is 31.1 Å². The van der Waals surface area contributed by atoms with E-state index < -0.39 is 25.1 Å². The van der Waals surface area contributed by atoms with Crippen molar-refractivity contribution >= 4 is 27.4 Å². The summed E-state index contributed by atoms with van der Waals surface area (Å²) in [4.78, 5) is 11.5. The molecule has 4 rings (SSSR count). The molecule has 0 radical (unpaired) electrons. The highest BCUT2D eigenvalue weighted by atomic mass is 32.1. The topological polar surface area (TPSA) is 50.3 Å². The molecule has 1 aliphatic heterocycles. The summed E-state index contributed by atoms with van der Waals surface area (Å²) in [6.07, 6.45) is -4.76. The van der Waals surface area contributed by atoms with Crippen LogP contribution in [0, 0.1) is 11.8 Å². The fourth-order valence-electron chi connectivity index (χ4n) is 4.93. The van der Waals surface area contributed by atoms with Crippen LogP contribution in [-0.2, 0) is 11.2 Å². The molecule has 0 unspecified atom stereocenters. The predicted octanol–water partition coefficient (Wildman–Crippen LogP) is 6.02. The summed E-state index contributed by atoms with van der Waals surface area (Å²) in [7, 11) is 0. The van der Waals surface area contributed by atoms with Gasteiger partial charge in [-0.1, -0.05) is 0 Å². The first-order valence-corrected chi connectivity index (χ1v) is 12.4. The van der Waals surface area contributed by atoms with Gasteiger partial charge in [-0.05, 0) is 69.5 Å². The Morgan fingerprint density at radius 3 is 2.32 bits per heavy atom. The number of likely N-dealkylation sites (tertiary alicyclic amines) is 1. The van der Waals surface area contributed by atoms with Crippen LogP contribution in [0.2, 0.25) is 0 Å². The summed E-state index contributed by atoms with van der Waals surface area (Å²) in [6.45, 7) is 3.45. The molecule has 190 valence electrons. The largest absolute Gasteiger partial charge is 0.522 e. The van der Waals surface area contributed by atoms with Crippen LogP contribution in [0.4, 0.5) is 32.2 Å². The number of ether oxygens (including phenoxy) is 1. The average molecular weight is 511 g/mol. The zero-order valence-electron chi connectivity index (χ0n) is 18.6. The van der Waals surface area contributed by atoms with Crippen LogP contribution in [-0.4, -0.2) is 59.7 Å². The van der Waals surface area contributed by atoms with Crippen LogP contribution in [0.1, 0.15) is 43.4 Å². The van der Waals surface area contributed by atoms with E-state index in [0.717, 1.165) is 56.7 Å². The summed E-state index contributed by atoms with van der Waals surface area (Å²) in [5.74, 6) is 1.39. The van der Waals surface area contributed by atoms with E-state index in [0.29, 0.717) is 47.3 Å². The second-order valence-corrected chi connectivity index (χ2v) is 10.4. The molecule has 2 fully saturated rings. The number of aromatic nitrogens is 2. The van der Waals surface area contributed by atoms with Gasteiger partial charge in [-0.3, -0.25) is 4.74 Å². The Kier molecular flexibility index (Phi) is 7.88. The van der Waals surface area contributed by atoms with E-state index in [2.05, 4.69) is 24.9 Å². The molecule has 2 aromatic rings. The van der Waals surface area contributed by atoms with Crippen molar-refractivity contribution in [3.05, 3.63) is 17.3 Å². The predicted molar refractivity (Wildman–Crippen MR) is 118 cm³/mol. The molecule has 2 aromatic heterocycles. The number of hydrogen-bond acceptors (Lipinski definition) is 6. The van der Waals surface area contributed by atoms with Gasteiger partial charge in [0.25, 0.3) is 0 Å². The molecule has 1 N–H and O–H groups in total. The SMILES string of the molecule is FC(F)(F)Cc1cc2c(NCC3CCN(CC4CCC(OC(F)(F)F)CC4)CC3)ncnc2s1. The van der Waals surface area contributed by atoms with Gasteiger partial charge >= 0.3 is 12.5 Å². The van der Waals surface area contributed by atoms with Gasteiger partial charge in [0.05, 0.1) is 17.9 Å². The van der Waals surface area contributed by atoms with Crippen molar-refractivity contribution in [3.8, 4) is 0 Å². The lowest BCUT2D eigenvalue weighted by atomic mass is 9.86. The first-order chi connectivity index (χ1) is 16.0. The highest BCUT2D eigenvalue weighted by molar-refractivity contribution is 7.18. The molecule has 1 saturated heterocycles. The van der Waals surface area contributed by atoms with E-state index in [9.17, 15) is 26.3 Å². The minimum atomic E-state index is -4.56. The lowest BCUT2D eigenvalue weighted by Gasteiger charge is -2.36. The molecule has 0 aromatic carbocycles. The number of piperidine rings is 1. The molecule has 1 saturated carbocycles. The Bertz CT molecular complexity index is 934. The van der Waals surface area contributed by atoms with Crippen molar-refractivity contribution in [3.63, 3.8) is 0 Å². The Hall–Kier alpha value is -1.66. The molecular weight excluding hydrogens is 482 g/mol. The van der Waals surface area contributed by atoms with Gasteiger partial charge in [0.2, 0.25) is 0 Å². The molecule has 0 spiro atoms. The summed E-state index contributed by atoms with van der Waals surface area (Å²) < 4.78 is 79.4. The number of fused-ring (bicyclic) bond motifs is 1. The van der Waals surface area contributed by atoms with Crippen LogP contribution >= 0.6 is 11.3 Å². The van der Waals surface area contributed by atoms with Crippen molar-refractivity contribution in [2.45, 2.75) is 63.6 Å². The first-order valence-electron chi connectivity index (χ1n) is 11.5. The molecule has 0 amide bonds. The van der Waals surface area contributed by atoms with Gasteiger partial charge in [-0.25, -0.2) is 9.97 Å². The maximum Gasteiger partial charge on any atom is 0.522 e. The zero-order chi connectivity index (χ0) is 24.3. The normalized spacial score (nSPS) is 23.5. The molecule has 0 atom stereocenters. The number of nitrogens with one attached hydrogen (secondary N) is 1. The fraction of sp³-hybridized carbons (Fsp3) is 0.727. The highest BCUT2D eigenvalue weighted by Crippen LogP contribution is 2.34. The van der Waals surface area contributed by atoms with Crippen molar-refractivity contribution in [1.82, 2.24) is 14.9 Å². The third-order valence-corrected chi connectivity index (χ3v) is 7.67. The molecule has 2 aliphatic rings. The molecule has 12 heteroatoms. The number of nitrogens with zero attached hydrogens (tertiary/aromatic N) is 3. The minimum Gasteiger partial charge on any atom is -0.369 e. The number of anilines is 1. The Morgan fingerprint density at radius 1 is 0.971 bits per heavy atom. The lowest BCUT2D eigenvalue weighted by Crippen LogP contribution is -2.40. The summed E-state index contributed by atoms with van der Waals surface area (Å²) in [6, 6.07) is 1.52. The molecule has 0 bridgehead atoms. The average Bonchev–Trinajstić information content (AvgIpc) is 3.15. The molecule has 34 heavy (non-hydrogen) atoms. The maximum atomic E-state index is 12.7. The van der Waals surface area contributed by atoms with Gasteiger partial charge in [0.1, 0.15) is 17.0 Å². The molecule has 3 heterocycles. The summed E-state index contributed by atoms with van der Waals surface area (Å²) in [5.41, 5.74) is 0. The van der Waals surface area contributed by atoms with Crippen LogP contribution in [0.3, 0.4) is 0 Å². The van der Waals surface area contributed by atoms with Gasteiger partial charge in [0.15, 0.2) is 0 Å². The maximum absolute atomic E-state index is 12.7. The standard InChI is InChI=1S/C22H28F6N4OS/c23-21(24,25)10-17-9-18-19(30-13-31-20(18)34-17)29-11-14-5-7-32(8-6-14)12-15-1-3-16(4-2-15)33-22(26,27)28/h9,13-16H,1-8,10-12H2,(H,29,30,31). The van der Waals surface area contributed by atoms with Crippen LogP contribution in [0.25, 0.3) is 10.2 Å². The molecular formula is C22H28F6N4OS. The van der Waals surface area contributed by atoms with E-state index in [1.165, 1.54) is 12.4 Å². The van der Waals surface area contributed by atoms with Crippen molar-refractivity contribution in [1.29, 1.82) is 0 Å². The number of halogens is 6. The Morgan fingerprint density at radius 2 is 1.68 bits per heavy atom. The van der Waals surface area contributed by atoms with Gasteiger partial charge in [-0.2, -0.15) is 13.2 Å². The second kappa shape index (κ2) is 10.5. The number of thiophene rings is 1. The van der Waals surface area contributed by atoms with E-state index in [-0.39, 0.29) is 4.88 Å². The fourth-order valence-corrected chi connectivity index (χ4v) is 5.96. The Labute approximate surface area is 197 Å². The Balaban J connectivity index is 1.20. The quantitative estimate of drug-likeness (QED) is 0.462. The monoisotopic (exact) mass is 510 g/mol. The van der Waals surface area contributed by atoms with Gasteiger partial charge in [0, 0.05) is 18.0 Å². The number of alkyl halides is 6. The second-order valence-electron chi connectivity index (χ2n) is 9.28. The lowest BCUT2D eigenvalue weighted by molar-refractivity contribution is -0.345. The van der Waals surface area contributed by atoms with E-state index in [1.54, 1.807) is 0 Å². The zero-order valence-corrected chi connectivity index (χ0v) is 19.4. The van der Waals surface area contributed by atoms with Gasteiger partial charge < -0.3 is 10.2 Å². The first kappa shape index (κ1) is 25.4. The van der Waals surface area contributed by atoms with E-state index >= 15 is 0 Å². The number of rotatable bonds is 7. The van der Waals surface area contributed by atoms with Gasteiger partial charge in [-0.15, -0.1) is 24.5 Å². The van der Waals surface area contributed by atoms with Crippen LogP contribution in [0.5, 0.6) is 0 Å². The van der Waals surface area contributed by atoms with Crippen molar-refractivity contribution in [2.24, 2.45) is 11.8 Å². The van der Waals surface area contributed by atoms with Crippen LogP contribution in [0.15, 0.2) is 12.4 Å². The third-order valence-electron chi connectivity index (χ3n) is 6.63.